The number of nitrogens with zero attached hydrogens (tertiary/aromatic N) is 1. The molecule has 0 saturated carbocycles. The van der Waals surface area contributed by atoms with Crippen molar-refractivity contribution in [3.05, 3.63) is 59.3 Å². The van der Waals surface area contributed by atoms with Gasteiger partial charge >= 0.3 is 0 Å². The highest BCUT2D eigenvalue weighted by Gasteiger charge is 2.31. The minimum absolute atomic E-state index is 0.0268. The Balaban J connectivity index is 1.50. The molecule has 3 heterocycles. The molecule has 0 saturated heterocycles. The first-order chi connectivity index (χ1) is 13.0. The third kappa shape index (κ3) is 2.65. The first-order valence-corrected chi connectivity index (χ1v) is 10.5. The molecule has 2 aliphatic heterocycles. The van der Waals surface area contributed by atoms with Gasteiger partial charge in [0.2, 0.25) is 15.9 Å². The number of carbonyl (C=O) groups is 1. The second-order valence-electron chi connectivity index (χ2n) is 7.08. The van der Waals surface area contributed by atoms with Gasteiger partial charge in [-0.1, -0.05) is 18.2 Å². The fraction of sp³-hybridized carbons (Fsp3) is 0.250. The number of fused-ring (bicyclic) bond motifs is 4. The zero-order chi connectivity index (χ0) is 18.6. The number of hydrogen-bond acceptors (Lipinski definition) is 3. The van der Waals surface area contributed by atoms with Crippen LogP contribution in [0, 0.1) is 0 Å². The highest BCUT2D eigenvalue weighted by molar-refractivity contribution is 7.89. The smallest absolute Gasteiger partial charge is 0.243 e. The van der Waals surface area contributed by atoms with Crippen LogP contribution in [-0.2, 0) is 34.2 Å². The van der Waals surface area contributed by atoms with E-state index < -0.39 is 10.0 Å². The molecule has 5 rings (SSSR count). The Bertz CT molecular complexity index is 1180. The van der Waals surface area contributed by atoms with Crippen molar-refractivity contribution in [3.63, 3.8) is 0 Å². The molecule has 1 amide bonds. The van der Waals surface area contributed by atoms with Crippen molar-refractivity contribution >= 4 is 32.5 Å². The minimum Gasteiger partial charge on any atom is -0.358 e. The topological polar surface area (TPSA) is 82.3 Å². The molecule has 0 unspecified atom stereocenters. The van der Waals surface area contributed by atoms with Gasteiger partial charge in [0.25, 0.3) is 0 Å². The largest absolute Gasteiger partial charge is 0.358 e. The molecule has 2 aromatic carbocycles. The summed E-state index contributed by atoms with van der Waals surface area (Å²) in [7, 11) is -3.59. The molecule has 0 atom stereocenters. The van der Waals surface area contributed by atoms with Crippen LogP contribution in [0.5, 0.6) is 0 Å². The van der Waals surface area contributed by atoms with Crippen molar-refractivity contribution in [2.24, 2.45) is 0 Å². The molecule has 138 valence electrons. The van der Waals surface area contributed by atoms with Crippen LogP contribution in [-0.4, -0.2) is 30.2 Å². The minimum atomic E-state index is -3.59. The van der Waals surface area contributed by atoms with Crippen LogP contribution in [0.3, 0.4) is 0 Å². The second kappa shape index (κ2) is 5.94. The number of aromatic amines is 1. The number of hydrogen-bond donors (Lipinski definition) is 2. The number of para-hydroxylation sites is 1. The quantitative estimate of drug-likeness (QED) is 0.716. The Labute approximate surface area is 157 Å². The Kier molecular flexibility index (Phi) is 3.63. The van der Waals surface area contributed by atoms with Crippen molar-refractivity contribution in [2.75, 3.05) is 11.9 Å². The Hall–Kier alpha value is -2.64. The van der Waals surface area contributed by atoms with Crippen LogP contribution in [0.1, 0.15) is 23.2 Å². The average molecular weight is 381 g/mol. The van der Waals surface area contributed by atoms with E-state index >= 15 is 0 Å². The van der Waals surface area contributed by atoms with Crippen molar-refractivity contribution in [1.29, 1.82) is 0 Å². The third-order valence-electron chi connectivity index (χ3n) is 5.46. The lowest BCUT2D eigenvalue weighted by molar-refractivity contribution is -0.116. The number of H-pyrrole nitrogens is 1. The fourth-order valence-electron chi connectivity index (χ4n) is 4.02. The van der Waals surface area contributed by atoms with Gasteiger partial charge in [-0.25, -0.2) is 8.42 Å². The number of amides is 1. The van der Waals surface area contributed by atoms with Crippen molar-refractivity contribution in [2.45, 2.75) is 30.7 Å². The average Bonchev–Trinajstić information content (AvgIpc) is 3.05. The van der Waals surface area contributed by atoms with Crippen molar-refractivity contribution < 1.29 is 13.2 Å². The number of aromatic nitrogens is 1. The maximum Gasteiger partial charge on any atom is 0.243 e. The molecule has 27 heavy (non-hydrogen) atoms. The first kappa shape index (κ1) is 16.5. The van der Waals surface area contributed by atoms with Gasteiger partial charge in [0.15, 0.2) is 0 Å². The number of nitrogens with one attached hydrogen (secondary N) is 2. The molecule has 2 N–H and O–H groups in total. The molecule has 0 aliphatic carbocycles. The van der Waals surface area contributed by atoms with Gasteiger partial charge in [0.05, 0.1) is 4.90 Å². The molecule has 0 radical (unpaired) electrons. The highest BCUT2D eigenvalue weighted by atomic mass is 32.2. The Morgan fingerprint density at radius 2 is 1.85 bits per heavy atom. The van der Waals surface area contributed by atoms with E-state index in [1.807, 2.05) is 24.3 Å². The van der Waals surface area contributed by atoms with Crippen LogP contribution >= 0.6 is 0 Å². The van der Waals surface area contributed by atoms with E-state index in [0.717, 1.165) is 27.7 Å². The lowest BCUT2D eigenvalue weighted by atomic mass is 10.0. The van der Waals surface area contributed by atoms with Crippen LogP contribution in [0.2, 0.25) is 0 Å². The van der Waals surface area contributed by atoms with Gasteiger partial charge in [-0.15, -0.1) is 0 Å². The molecule has 2 aliphatic rings. The zero-order valence-corrected chi connectivity index (χ0v) is 15.5. The van der Waals surface area contributed by atoms with Crippen molar-refractivity contribution in [1.82, 2.24) is 9.29 Å². The van der Waals surface area contributed by atoms with E-state index in [0.29, 0.717) is 42.9 Å². The molecule has 7 heteroatoms. The maximum atomic E-state index is 13.2. The van der Waals surface area contributed by atoms with E-state index in [2.05, 4.69) is 10.3 Å². The monoisotopic (exact) mass is 381 g/mol. The fourth-order valence-corrected chi connectivity index (χ4v) is 5.48. The molecular formula is C20H19N3O3S. The number of anilines is 1. The SMILES string of the molecule is O=C1CCc2cc(S(=O)(=O)N3CCc4[nH]c5ccccc5c4C3)ccc2N1. The van der Waals surface area contributed by atoms with Crippen LogP contribution in [0.25, 0.3) is 10.9 Å². The molecule has 0 bridgehead atoms. The molecule has 3 aromatic rings. The summed E-state index contributed by atoms with van der Waals surface area (Å²) in [6, 6.07) is 13.0. The standard InChI is InChI=1S/C20H19N3O3S/c24-20-8-5-13-11-14(6-7-17(13)22-20)27(25,26)23-10-9-19-16(12-23)15-3-1-2-4-18(15)21-19/h1-4,6-7,11,21H,5,8-10,12H2,(H,22,24). The molecular weight excluding hydrogens is 362 g/mol. The summed E-state index contributed by atoms with van der Waals surface area (Å²) in [4.78, 5) is 15.2. The van der Waals surface area contributed by atoms with E-state index in [9.17, 15) is 13.2 Å². The molecule has 1 aromatic heterocycles. The van der Waals surface area contributed by atoms with Gasteiger partial charge in [-0.3, -0.25) is 4.79 Å². The Morgan fingerprint density at radius 1 is 1.00 bits per heavy atom. The highest BCUT2D eigenvalue weighted by Crippen LogP contribution is 2.32. The zero-order valence-electron chi connectivity index (χ0n) is 14.7. The Morgan fingerprint density at radius 3 is 2.74 bits per heavy atom. The summed E-state index contributed by atoms with van der Waals surface area (Å²) < 4.78 is 28.0. The summed E-state index contributed by atoms with van der Waals surface area (Å²) in [5.74, 6) is -0.0268. The molecule has 0 spiro atoms. The summed E-state index contributed by atoms with van der Waals surface area (Å²) in [6.07, 6.45) is 1.63. The first-order valence-electron chi connectivity index (χ1n) is 9.04. The van der Waals surface area contributed by atoms with E-state index in [4.69, 9.17) is 0 Å². The number of rotatable bonds is 2. The van der Waals surface area contributed by atoms with Gasteiger partial charge in [0.1, 0.15) is 0 Å². The van der Waals surface area contributed by atoms with E-state index in [-0.39, 0.29) is 5.91 Å². The van der Waals surface area contributed by atoms with Gasteiger partial charge in [0, 0.05) is 48.2 Å². The maximum absolute atomic E-state index is 13.2. The van der Waals surface area contributed by atoms with Gasteiger partial charge < -0.3 is 10.3 Å². The summed E-state index contributed by atoms with van der Waals surface area (Å²) in [5.41, 5.74) is 4.82. The van der Waals surface area contributed by atoms with Crippen LogP contribution in [0.4, 0.5) is 5.69 Å². The number of benzene rings is 2. The van der Waals surface area contributed by atoms with E-state index in [1.54, 1.807) is 22.5 Å². The van der Waals surface area contributed by atoms with E-state index in [1.165, 1.54) is 0 Å². The molecule has 0 fully saturated rings. The van der Waals surface area contributed by atoms with Gasteiger partial charge in [-0.2, -0.15) is 4.31 Å². The third-order valence-corrected chi connectivity index (χ3v) is 7.30. The second-order valence-corrected chi connectivity index (χ2v) is 9.02. The van der Waals surface area contributed by atoms with Crippen LogP contribution < -0.4 is 5.32 Å². The van der Waals surface area contributed by atoms with Crippen molar-refractivity contribution in [3.8, 4) is 0 Å². The lowest BCUT2D eigenvalue weighted by Crippen LogP contribution is -2.36. The number of carbonyl (C=O) groups excluding carboxylic acids is 1. The van der Waals surface area contributed by atoms with Crippen LogP contribution in [0.15, 0.2) is 47.4 Å². The number of aryl methyl sites for hydroxylation is 1. The normalized spacial score (nSPS) is 17.4. The summed E-state index contributed by atoms with van der Waals surface area (Å²) >= 11 is 0. The number of sulfonamides is 1. The van der Waals surface area contributed by atoms with Gasteiger partial charge in [-0.05, 0) is 41.8 Å². The summed E-state index contributed by atoms with van der Waals surface area (Å²) in [5, 5.41) is 3.88. The molecule has 6 nitrogen and oxygen atoms in total. The predicted octanol–water partition coefficient (Wildman–Crippen LogP) is 2.80. The lowest BCUT2D eigenvalue weighted by Gasteiger charge is -2.27. The summed E-state index contributed by atoms with van der Waals surface area (Å²) in [6.45, 7) is 0.825. The predicted molar refractivity (Wildman–Crippen MR) is 103 cm³/mol.